The molecule has 0 unspecified atom stereocenters. The Labute approximate surface area is 173 Å². The first-order valence-electron chi connectivity index (χ1n) is 8.43. The Hall–Kier alpha value is -1.12. The molecule has 0 atom stereocenters. The molecule has 0 spiro atoms. The van der Waals surface area contributed by atoms with Crippen LogP contribution in [0.15, 0.2) is 40.6 Å². The maximum absolute atomic E-state index is 13.0. The van der Waals surface area contributed by atoms with Gasteiger partial charge in [0.05, 0.1) is 9.75 Å². The summed E-state index contributed by atoms with van der Waals surface area (Å²) in [6, 6.07) is 10.3. The van der Waals surface area contributed by atoms with Gasteiger partial charge in [0.15, 0.2) is 0 Å². The summed E-state index contributed by atoms with van der Waals surface area (Å²) in [5.41, 5.74) is 0.160. The van der Waals surface area contributed by atoms with Crippen LogP contribution in [0.5, 0.6) is 0 Å². The van der Waals surface area contributed by atoms with Crippen LogP contribution in [0.4, 0.5) is 0 Å². The summed E-state index contributed by atoms with van der Waals surface area (Å²) in [7, 11) is -3.57. The molecule has 2 heterocycles. The molecule has 2 aromatic rings. The van der Waals surface area contributed by atoms with Crippen molar-refractivity contribution in [3.63, 3.8) is 0 Å². The van der Waals surface area contributed by atoms with Crippen LogP contribution in [0.3, 0.4) is 0 Å². The maximum Gasteiger partial charge on any atom is 0.252 e. The van der Waals surface area contributed by atoms with Crippen LogP contribution < -0.4 is 0 Å². The molecule has 1 aliphatic rings. The van der Waals surface area contributed by atoms with Crippen molar-refractivity contribution in [3.8, 4) is 0 Å². The third-order valence-corrected chi connectivity index (χ3v) is 8.62. The molecule has 0 aliphatic carbocycles. The Morgan fingerprint density at radius 3 is 2.11 bits per heavy atom. The van der Waals surface area contributed by atoms with Crippen LogP contribution in [0.1, 0.15) is 19.4 Å². The van der Waals surface area contributed by atoms with Gasteiger partial charge in [0.1, 0.15) is 4.21 Å². The quantitative estimate of drug-likeness (QED) is 0.715. The first-order valence-corrected chi connectivity index (χ1v) is 11.4. The monoisotopic (exact) mass is 446 g/mol. The second-order valence-corrected chi connectivity index (χ2v) is 11.2. The Balaban J connectivity index is 1.69. The van der Waals surface area contributed by atoms with Crippen LogP contribution in [0, 0.1) is 0 Å². The second kappa shape index (κ2) is 7.72. The number of halogens is 2. The van der Waals surface area contributed by atoms with E-state index in [1.54, 1.807) is 23.1 Å². The van der Waals surface area contributed by atoms with E-state index in [-0.39, 0.29) is 23.2 Å². The average Bonchev–Trinajstić information content (AvgIpc) is 3.09. The summed E-state index contributed by atoms with van der Waals surface area (Å²) < 4.78 is 27.5. The lowest BCUT2D eigenvalue weighted by Gasteiger charge is -2.38. The normalized spacial score (nSPS) is 16.5. The van der Waals surface area contributed by atoms with E-state index in [2.05, 4.69) is 0 Å². The molecular weight excluding hydrogens is 427 g/mol. The number of nitrogens with zero attached hydrogens (tertiary/aromatic N) is 2. The van der Waals surface area contributed by atoms with Crippen LogP contribution in [0.25, 0.3) is 0 Å². The number of benzene rings is 1. The van der Waals surface area contributed by atoms with Gasteiger partial charge in [-0.3, -0.25) is 4.79 Å². The van der Waals surface area contributed by atoms with Gasteiger partial charge in [-0.15, -0.1) is 11.3 Å². The fourth-order valence-corrected chi connectivity index (χ4v) is 6.27. The largest absolute Gasteiger partial charge is 0.339 e. The van der Waals surface area contributed by atoms with Crippen molar-refractivity contribution in [2.75, 3.05) is 26.2 Å². The van der Waals surface area contributed by atoms with Gasteiger partial charge in [0, 0.05) is 31.2 Å². The molecule has 3 rings (SSSR count). The minimum absolute atomic E-state index is 0.0268. The lowest BCUT2D eigenvalue weighted by Crippen LogP contribution is -2.54. The highest BCUT2D eigenvalue weighted by Crippen LogP contribution is 2.30. The van der Waals surface area contributed by atoms with Gasteiger partial charge in [0.2, 0.25) is 5.91 Å². The third-order valence-electron chi connectivity index (χ3n) is 4.77. The van der Waals surface area contributed by atoms with Gasteiger partial charge in [-0.25, -0.2) is 8.42 Å². The van der Waals surface area contributed by atoms with Crippen molar-refractivity contribution in [2.45, 2.75) is 23.5 Å². The zero-order valence-corrected chi connectivity index (χ0v) is 18.1. The molecule has 5 nitrogen and oxygen atoms in total. The maximum atomic E-state index is 13.0. The van der Waals surface area contributed by atoms with Crippen molar-refractivity contribution in [1.82, 2.24) is 9.21 Å². The molecule has 1 saturated heterocycles. The number of carbonyl (C=O) groups is 1. The summed E-state index contributed by atoms with van der Waals surface area (Å²) in [4.78, 5) is 14.8. The van der Waals surface area contributed by atoms with Gasteiger partial charge >= 0.3 is 0 Å². The van der Waals surface area contributed by atoms with Crippen molar-refractivity contribution in [1.29, 1.82) is 0 Å². The Morgan fingerprint density at radius 2 is 1.59 bits per heavy atom. The van der Waals surface area contributed by atoms with Crippen molar-refractivity contribution in [3.05, 3.63) is 51.3 Å². The molecule has 0 radical (unpaired) electrons. The van der Waals surface area contributed by atoms with Crippen LogP contribution in [-0.2, 0) is 20.2 Å². The van der Waals surface area contributed by atoms with E-state index in [0.29, 0.717) is 22.4 Å². The number of rotatable bonds is 4. The summed E-state index contributed by atoms with van der Waals surface area (Å²) in [6.45, 7) is 4.98. The standard InChI is InChI=1S/C18H20Cl2N2O3S2/c1-18(2,13-3-5-14(19)6-4-13)17(23)21-9-11-22(12-10-21)27(24,25)16-8-7-15(20)26-16/h3-8H,9-12H2,1-2H3. The van der Waals surface area contributed by atoms with Crippen molar-refractivity contribution in [2.24, 2.45) is 0 Å². The molecular formula is C18H20Cl2N2O3S2. The summed E-state index contributed by atoms with van der Waals surface area (Å²) in [6.07, 6.45) is 0. The number of amides is 1. The smallest absolute Gasteiger partial charge is 0.252 e. The van der Waals surface area contributed by atoms with Gasteiger partial charge in [-0.1, -0.05) is 35.3 Å². The molecule has 1 amide bonds. The summed E-state index contributed by atoms with van der Waals surface area (Å²) in [5.74, 6) is -0.0268. The Kier molecular flexibility index (Phi) is 5.89. The van der Waals surface area contributed by atoms with Crippen LogP contribution in [-0.4, -0.2) is 49.7 Å². The van der Waals surface area contributed by atoms with Gasteiger partial charge in [-0.2, -0.15) is 4.31 Å². The van der Waals surface area contributed by atoms with Gasteiger partial charge < -0.3 is 4.90 Å². The number of piperazine rings is 1. The highest BCUT2D eigenvalue weighted by molar-refractivity contribution is 7.91. The first kappa shape index (κ1) is 20.6. The van der Waals surface area contributed by atoms with Gasteiger partial charge in [0.25, 0.3) is 10.0 Å². The number of sulfonamides is 1. The van der Waals surface area contributed by atoms with Crippen molar-refractivity contribution >= 4 is 50.5 Å². The fraction of sp³-hybridized carbons (Fsp3) is 0.389. The molecule has 0 saturated carbocycles. The molecule has 0 N–H and O–H groups in total. The molecule has 1 fully saturated rings. The minimum Gasteiger partial charge on any atom is -0.339 e. The highest BCUT2D eigenvalue weighted by atomic mass is 35.5. The van der Waals surface area contributed by atoms with E-state index < -0.39 is 15.4 Å². The number of hydrogen-bond acceptors (Lipinski definition) is 4. The Bertz CT molecular complexity index is 932. The molecule has 0 bridgehead atoms. The predicted octanol–water partition coefficient (Wildman–Crippen LogP) is 3.87. The molecule has 146 valence electrons. The first-order chi connectivity index (χ1) is 12.6. The second-order valence-electron chi connectivity index (χ2n) is 6.89. The number of hydrogen-bond donors (Lipinski definition) is 0. The lowest BCUT2D eigenvalue weighted by atomic mass is 9.83. The molecule has 9 heteroatoms. The molecule has 1 aliphatic heterocycles. The summed E-state index contributed by atoms with van der Waals surface area (Å²) >= 11 is 12.8. The third kappa shape index (κ3) is 4.17. The van der Waals surface area contributed by atoms with E-state index in [1.165, 1.54) is 10.4 Å². The highest BCUT2D eigenvalue weighted by Gasteiger charge is 2.37. The number of carbonyl (C=O) groups excluding carboxylic acids is 1. The van der Waals surface area contributed by atoms with E-state index >= 15 is 0 Å². The Morgan fingerprint density at radius 1 is 1.00 bits per heavy atom. The average molecular weight is 447 g/mol. The zero-order valence-electron chi connectivity index (χ0n) is 15.0. The molecule has 27 heavy (non-hydrogen) atoms. The predicted molar refractivity (Wildman–Crippen MR) is 109 cm³/mol. The van der Waals surface area contributed by atoms with Crippen molar-refractivity contribution < 1.29 is 13.2 Å². The minimum atomic E-state index is -3.57. The van der Waals surface area contributed by atoms with E-state index in [4.69, 9.17) is 23.2 Å². The fourth-order valence-electron chi connectivity index (χ4n) is 3.08. The zero-order chi connectivity index (χ0) is 19.8. The topological polar surface area (TPSA) is 57.7 Å². The van der Waals surface area contributed by atoms with Crippen LogP contribution in [0.2, 0.25) is 9.36 Å². The van der Waals surface area contributed by atoms with Crippen LogP contribution >= 0.6 is 34.5 Å². The van der Waals surface area contributed by atoms with Gasteiger partial charge in [-0.05, 0) is 43.7 Å². The lowest BCUT2D eigenvalue weighted by molar-refractivity contribution is -0.137. The van der Waals surface area contributed by atoms with E-state index in [1.807, 2.05) is 26.0 Å². The summed E-state index contributed by atoms with van der Waals surface area (Å²) in [5, 5.41) is 0.620. The molecule has 1 aromatic carbocycles. The SMILES string of the molecule is CC(C)(C(=O)N1CCN(S(=O)(=O)c2ccc(Cl)s2)CC1)c1ccc(Cl)cc1. The number of thiophene rings is 1. The molecule has 1 aromatic heterocycles. The van der Waals surface area contributed by atoms with E-state index in [0.717, 1.165) is 16.9 Å². The van der Waals surface area contributed by atoms with E-state index in [9.17, 15) is 13.2 Å².